The Morgan fingerprint density at radius 3 is 3.00 bits per heavy atom. The van der Waals surface area contributed by atoms with E-state index in [2.05, 4.69) is 10.6 Å². The van der Waals surface area contributed by atoms with Gasteiger partial charge in [-0.25, -0.2) is 0 Å². The molecule has 0 saturated carbocycles. The first-order valence-corrected chi connectivity index (χ1v) is 4.80. The van der Waals surface area contributed by atoms with Gasteiger partial charge in [0.15, 0.2) is 0 Å². The molecule has 1 aromatic rings. The van der Waals surface area contributed by atoms with Crippen LogP contribution in [0.5, 0.6) is 0 Å². The Morgan fingerprint density at radius 1 is 1.71 bits per heavy atom. The molecule has 0 spiro atoms. The molecule has 4 heteroatoms. The van der Waals surface area contributed by atoms with Gasteiger partial charge in [0.1, 0.15) is 5.76 Å². The van der Waals surface area contributed by atoms with E-state index in [9.17, 15) is 4.79 Å². The molecule has 0 aliphatic carbocycles. The van der Waals surface area contributed by atoms with Crippen LogP contribution in [0, 0.1) is 12.8 Å². The van der Waals surface area contributed by atoms with E-state index in [4.69, 9.17) is 4.42 Å². The SMILES string of the molecule is Cc1occc1C(=O)NCC1CNC1. The fourth-order valence-corrected chi connectivity index (χ4v) is 1.45. The third-order valence-electron chi connectivity index (χ3n) is 2.52. The predicted octanol–water partition coefficient (Wildman–Crippen LogP) is 0.537. The Morgan fingerprint density at radius 2 is 2.50 bits per heavy atom. The second-order valence-electron chi connectivity index (χ2n) is 3.62. The predicted molar refractivity (Wildman–Crippen MR) is 52.1 cm³/mol. The van der Waals surface area contributed by atoms with Crippen molar-refractivity contribution in [3.63, 3.8) is 0 Å². The molecule has 4 nitrogen and oxygen atoms in total. The van der Waals surface area contributed by atoms with Gasteiger partial charge in [-0.15, -0.1) is 0 Å². The van der Waals surface area contributed by atoms with Crippen LogP contribution in [0.3, 0.4) is 0 Å². The van der Waals surface area contributed by atoms with Crippen LogP contribution in [0.4, 0.5) is 0 Å². The van der Waals surface area contributed by atoms with Crippen LogP contribution in [0.15, 0.2) is 16.7 Å². The zero-order chi connectivity index (χ0) is 9.97. The Labute approximate surface area is 82.7 Å². The molecule has 1 fully saturated rings. The lowest BCUT2D eigenvalue weighted by Gasteiger charge is -2.26. The second kappa shape index (κ2) is 3.84. The van der Waals surface area contributed by atoms with E-state index >= 15 is 0 Å². The summed E-state index contributed by atoms with van der Waals surface area (Å²) in [7, 11) is 0. The molecule has 2 heterocycles. The fraction of sp³-hybridized carbons (Fsp3) is 0.500. The highest BCUT2D eigenvalue weighted by atomic mass is 16.3. The van der Waals surface area contributed by atoms with Crippen molar-refractivity contribution in [1.29, 1.82) is 0 Å². The molecule has 1 aromatic heterocycles. The zero-order valence-corrected chi connectivity index (χ0v) is 8.17. The first-order valence-electron chi connectivity index (χ1n) is 4.80. The molecule has 1 amide bonds. The number of amides is 1. The van der Waals surface area contributed by atoms with Crippen LogP contribution in [0.1, 0.15) is 16.1 Å². The van der Waals surface area contributed by atoms with Crippen molar-refractivity contribution in [1.82, 2.24) is 10.6 Å². The molecule has 2 rings (SSSR count). The van der Waals surface area contributed by atoms with Gasteiger partial charge in [0, 0.05) is 25.6 Å². The number of hydrogen-bond donors (Lipinski definition) is 2. The van der Waals surface area contributed by atoms with Gasteiger partial charge in [-0.2, -0.15) is 0 Å². The number of hydrogen-bond acceptors (Lipinski definition) is 3. The highest BCUT2D eigenvalue weighted by Crippen LogP contribution is 2.08. The van der Waals surface area contributed by atoms with Crippen LogP contribution in [-0.2, 0) is 0 Å². The summed E-state index contributed by atoms with van der Waals surface area (Å²) in [6.07, 6.45) is 1.54. The molecule has 0 bridgehead atoms. The molecular weight excluding hydrogens is 180 g/mol. The lowest BCUT2D eigenvalue weighted by molar-refractivity contribution is 0.0940. The molecule has 1 saturated heterocycles. The van der Waals surface area contributed by atoms with Crippen molar-refractivity contribution < 1.29 is 9.21 Å². The minimum atomic E-state index is -0.0387. The minimum absolute atomic E-state index is 0.0387. The van der Waals surface area contributed by atoms with Gasteiger partial charge in [0.25, 0.3) is 5.91 Å². The van der Waals surface area contributed by atoms with Gasteiger partial charge in [-0.3, -0.25) is 4.79 Å². The van der Waals surface area contributed by atoms with Crippen molar-refractivity contribution in [2.45, 2.75) is 6.92 Å². The number of carbonyl (C=O) groups is 1. The molecule has 0 aromatic carbocycles. The molecule has 14 heavy (non-hydrogen) atoms. The van der Waals surface area contributed by atoms with Gasteiger partial charge in [-0.05, 0) is 13.0 Å². The standard InChI is InChI=1S/C10H14N2O2/c1-7-9(2-3-14-7)10(13)12-6-8-4-11-5-8/h2-3,8,11H,4-6H2,1H3,(H,12,13). The van der Waals surface area contributed by atoms with E-state index in [1.54, 1.807) is 13.0 Å². The maximum Gasteiger partial charge on any atom is 0.254 e. The van der Waals surface area contributed by atoms with Gasteiger partial charge < -0.3 is 15.1 Å². The third kappa shape index (κ3) is 1.80. The number of aryl methyl sites for hydroxylation is 1. The average Bonchev–Trinajstić information content (AvgIpc) is 2.48. The van der Waals surface area contributed by atoms with Crippen LogP contribution in [0.25, 0.3) is 0 Å². The van der Waals surface area contributed by atoms with Crippen molar-refractivity contribution in [2.24, 2.45) is 5.92 Å². The topological polar surface area (TPSA) is 54.3 Å². The molecule has 1 aliphatic rings. The Balaban J connectivity index is 1.86. The monoisotopic (exact) mass is 194 g/mol. The molecule has 0 radical (unpaired) electrons. The van der Waals surface area contributed by atoms with Gasteiger partial charge in [0.2, 0.25) is 0 Å². The number of carbonyl (C=O) groups excluding carboxylic acids is 1. The summed E-state index contributed by atoms with van der Waals surface area (Å²) in [4.78, 5) is 11.6. The first kappa shape index (κ1) is 9.27. The Bertz CT molecular complexity index is 329. The highest BCUT2D eigenvalue weighted by Gasteiger charge is 2.18. The van der Waals surface area contributed by atoms with E-state index in [0.717, 1.165) is 19.6 Å². The van der Waals surface area contributed by atoms with Gasteiger partial charge >= 0.3 is 0 Å². The van der Waals surface area contributed by atoms with Crippen molar-refractivity contribution in [3.05, 3.63) is 23.7 Å². The number of rotatable bonds is 3. The maximum absolute atomic E-state index is 11.6. The second-order valence-corrected chi connectivity index (χ2v) is 3.62. The summed E-state index contributed by atoms with van der Waals surface area (Å²) in [5, 5.41) is 6.05. The van der Waals surface area contributed by atoms with E-state index in [1.807, 2.05) is 0 Å². The van der Waals surface area contributed by atoms with Gasteiger partial charge in [0.05, 0.1) is 11.8 Å². The number of nitrogens with one attached hydrogen (secondary N) is 2. The smallest absolute Gasteiger partial charge is 0.254 e. The lowest BCUT2D eigenvalue weighted by atomic mass is 10.0. The Hall–Kier alpha value is -1.29. The van der Waals surface area contributed by atoms with Crippen molar-refractivity contribution >= 4 is 5.91 Å². The Kier molecular flexibility index (Phi) is 2.54. The van der Waals surface area contributed by atoms with E-state index in [-0.39, 0.29) is 5.91 Å². The summed E-state index contributed by atoms with van der Waals surface area (Å²) < 4.78 is 5.06. The van der Waals surface area contributed by atoms with Crippen LogP contribution in [-0.4, -0.2) is 25.5 Å². The molecule has 0 unspecified atom stereocenters. The largest absolute Gasteiger partial charge is 0.469 e. The first-order chi connectivity index (χ1) is 6.77. The minimum Gasteiger partial charge on any atom is -0.469 e. The van der Waals surface area contributed by atoms with Crippen LogP contribution >= 0.6 is 0 Å². The third-order valence-corrected chi connectivity index (χ3v) is 2.52. The van der Waals surface area contributed by atoms with E-state index in [1.165, 1.54) is 6.26 Å². The fourth-order valence-electron chi connectivity index (χ4n) is 1.45. The summed E-state index contributed by atoms with van der Waals surface area (Å²) in [5.41, 5.74) is 0.636. The molecular formula is C10H14N2O2. The van der Waals surface area contributed by atoms with E-state index in [0.29, 0.717) is 17.2 Å². The van der Waals surface area contributed by atoms with E-state index < -0.39 is 0 Å². The quantitative estimate of drug-likeness (QED) is 0.738. The molecule has 1 aliphatic heterocycles. The van der Waals surface area contributed by atoms with Crippen molar-refractivity contribution in [2.75, 3.05) is 19.6 Å². The normalized spacial score (nSPS) is 16.4. The lowest BCUT2D eigenvalue weighted by Crippen LogP contribution is -2.48. The summed E-state index contributed by atoms with van der Waals surface area (Å²) in [5.74, 6) is 1.23. The maximum atomic E-state index is 11.6. The van der Waals surface area contributed by atoms with Crippen LogP contribution in [0.2, 0.25) is 0 Å². The zero-order valence-electron chi connectivity index (χ0n) is 8.17. The summed E-state index contributed by atoms with van der Waals surface area (Å²) in [6.45, 7) is 4.55. The summed E-state index contributed by atoms with van der Waals surface area (Å²) >= 11 is 0. The molecule has 76 valence electrons. The van der Waals surface area contributed by atoms with Gasteiger partial charge in [-0.1, -0.05) is 0 Å². The average molecular weight is 194 g/mol. The molecule has 2 N–H and O–H groups in total. The highest BCUT2D eigenvalue weighted by molar-refractivity contribution is 5.95. The molecule has 0 atom stereocenters. The van der Waals surface area contributed by atoms with Crippen LogP contribution < -0.4 is 10.6 Å². The summed E-state index contributed by atoms with van der Waals surface area (Å²) in [6, 6.07) is 1.70. The number of furan rings is 1. The van der Waals surface area contributed by atoms with Crippen molar-refractivity contribution in [3.8, 4) is 0 Å².